The van der Waals surface area contributed by atoms with Crippen LogP contribution in [-0.2, 0) is 4.74 Å². The standard InChI is InChI=1S/C14H27NOS/c1-13(2,15)11-17-10-12-6-9-14(16-12)7-4-3-5-8-14/h12H,3-11,15H2,1-2H3. The number of rotatable bonds is 4. The molecule has 0 radical (unpaired) electrons. The van der Waals surface area contributed by atoms with Crippen molar-refractivity contribution in [3.05, 3.63) is 0 Å². The van der Waals surface area contributed by atoms with Crippen LogP contribution in [0.3, 0.4) is 0 Å². The van der Waals surface area contributed by atoms with Crippen LogP contribution in [0.5, 0.6) is 0 Å². The molecule has 0 amide bonds. The van der Waals surface area contributed by atoms with E-state index in [1.807, 2.05) is 11.8 Å². The molecular weight excluding hydrogens is 230 g/mol. The Hall–Kier alpha value is 0.270. The van der Waals surface area contributed by atoms with Crippen molar-refractivity contribution in [3.8, 4) is 0 Å². The van der Waals surface area contributed by atoms with Crippen LogP contribution in [-0.4, -0.2) is 28.7 Å². The third-order valence-corrected chi connectivity index (χ3v) is 5.44. The predicted octanol–water partition coefficient (Wildman–Crippen LogP) is 3.34. The summed E-state index contributed by atoms with van der Waals surface area (Å²) in [6, 6.07) is 0. The van der Waals surface area contributed by atoms with E-state index >= 15 is 0 Å². The molecule has 1 aliphatic heterocycles. The fourth-order valence-corrected chi connectivity index (χ4v) is 4.17. The number of hydrogen-bond acceptors (Lipinski definition) is 3. The van der Waals surface area contributed by atoms with E-state index < -0.39 is 0 Å². The van der Waals surface area contributed by atoms with Crippen LogP contribution < -0.4 is 5.73 Å². The molecule has 3 heteroatoms. The van der Waals surface area contributed by atoms with Gasteiger partial charge in [-0.05, 0) is 39.5 Å². The molecule has 100 valence electrons. The van der Waals surface area contributed by atoms with E-state index in [1.54, 1.807) is 0 Å². The molecule has 17 heavy (non-hydrogen) atoms. The van der Waals surface area contributed by atoms with Gasteiger partial charge in [-0.3, -0.25) is 0 Å². The van der Waals surface area contributed by atoms with Crippen molar-refractivity contribution in [2.24, 2.45) is 5.73 Å². The second-order valence-corrected chi connectivity index (χ2v) is 7.56. The Bertz CT molecular complexity index is 243. The van der Waals surface area contributed by atoms with Gasteiger partial charge < -0.3 is 10.5 Å². The summed E-state index contributed by atoms with van der Waals surface area (Å²) in [6.45, 7) is 4.19. The van der Waals surface area contributed by atoms with E-state index in [4.69, 9.17) is 10.5 Å². The Labute approximate surface area is 110 Å². The lowest BCUT2D eigenvalue weighted by Crippen LogP contribution is -2.35. The zero-order valence-corrected chi connectivity index (χ0v) is 12.2. The summed E-state index contributed by atoms with van der Waals surface area (Å²) in [5.74, 6) is 2.15. The second kappa shape index (κ2) is 5.50. The van der Waals surface area contributed by atoms with Gasteiger partial charge in [0.1, 0.15) is 0 Å². The monoisotopic (exact) mass is 257 g/mol. The highest BCUT2D eigenvalue weighted by Crippen LogP contribution is 2.42. The minimum Gasteiger partial charge on any atom is -0.371 e. The number of thioether (sulfide) groups is 1. The average Bonchev–Trinajstić information content (AvgIpc) is 2.61. The Morgan fingerprint density at radius 2 is 1.94 bits per heavy atom. The lowest BCUT2D eigenvalue weighted by atomic mass is 9.83. The number of ether oxygens (including phenoxy) is 1. The van der Waals surface area contributed by atoms with E-state index in [0.717, 1.165) is 11.5 Å². The van der Waals surface area contributed by atoms with Gasteiger partial charge in [0.15, 0.2) is 0 Å². The molecule has 2 aliphatic rings. The maximum Gasteiger partial charge on any atom is 0.0687 e. The third-order valence-electron chi connectivity index (χ3n) is 3.88. The molecule has 2 nitrogen and oxygen atoms in total. The van der Waals surface area contributed by atoms with Crippen molar-refractivity contribution in [2.45, 2.75) is 76.0 Å². The zero-order valence-electron chi connectivity index (χ0n) is 11.3. The molecule has 2 fully saturated rings. The summed E-state index contributed by atoms with van der Waals surface area (Å²) in [4.78, 5) is 0. The third kappa shape index (κ3) is 4.15. The van der Waals surface area contributed by atoms with Crippen LogP contribution in [0.25, 0.3) is 0 Å². The smallest absolute Gasteiger partial charge is 0.0687 e. The van der Waals surface area contributed by atoms with Crippen molar-refractivity contribution in [1.29, 1.82) is 0 Å². The first-order valence-corrected chi connectivity index (χ1v) is 8.19. The first-order chi connectivity index (χ1) is 7.99. The van der Waals surface area contributed by atoms with Gasteiger partial charge in [-0.25, -0.2) is 0 Å². The van der Waals surface area contributed by atoms with Crippen LogP contribution >= 0.6 is 11.8 Å². The molecule has 2 rings (SSSR count). The van der Waals surface area contributed by atoms with Gasteiger partial charge in [0.25, 0.3) is 0 Å². The van der Waals surface area contributed by atoms with Crippen molar-refractivity contribution < 1.29 is 4.74 Å². The van der Waals surface area contributed by atoms with Crippen LogP contribution in [0, 0.1) is 0 Å². The molecule has 1 saturated carbocycles. The Morgan fingerprint density at radius 1 is 1.24 bits per heavy atom. The lowest BCUT2D eigenvalue weighted by molar-refractivity contribution is -0.0555. The summed E-state index contributed by atoms with van der Waals surface area (Å²) >= 11 is 1.95. The summed E-state index contributed by atoms with van der Waals surface area (Å²) in [7, 11) is 0. The van der Waals surface area contributed by atoms with Crippen LogP contribution in [0.2, 0.25) is 0 Å². The maximum absolute atomic E-state index is 6.34. The SMILES string of the molecule is CC(C)(N)CSCC1CCC2(CCCCC2)O1. The molecule has 0 bridgehead atoms. The molecule has 1 atom stereocenters. The highest BCUT2D eigenvalue weighted by atomic mass is 32.2. The fourth-order valence-electron chi connectivity index (χ4n) is 3.03. The Balaban J connectivity index is 1.70. The maximum atomic E-state index is 6.34. The molecule has 1 heterocycles. The van der Waals surface area contributed by atoms with Crippen molar-refractivity contribution in [2.75, 3.05) is 11.5 Å². The highest BCUT2D eigenvalue weighted by Gasteiger charge is 2.40. The van der Waals surface area contributed by atoms with Gasteiger partial charge in [-0.1, -0.05) is 19.3 Å². The topological polar surface area (TPSA) is 35.2 Å². The van der Waals surface area contributed by atoms with Crippen LogP contribution in [0.1, 0.15) is 58.8 Å². The van der Waals surface area contributed by atoms with Crippen molar-refractivity contribution in [3.63, 3.8) is 0 Å². The first-order valence-electron chi connectivity index (χ1n) is 7.04. The largest absolute Gasteiger partial charge is 0.371 e. The molecular formula is C14H27NOS. The van der Waals surface area contributed by atoms with E-state index in [0.29, 0.717) is 6.10 Å². The van der Waals surface area contributed by atoms with Gasteiger partial charge in [0.05, 0.1) is 11.7 Å². The predicted molar refractivity (Wildman–Crippen MR) is 75.5 cm³/mol. The fraction of sp³-hybridized carbons (Fsp3) is 1.00. The minimum absolute atomic E-state index is 0.0498. The molecule has 1 aliphatic carbocycles. The van der Waals surface area contributed by atoms with E-state index in [2.05, 4.69) is 13.8 Å². The molecule has 0 aromatic heterocycles. The van der Waals surface area contributed by atoms with Gasteiger partial charge in [-0.2, -0.15) is 11.8 Å². The average molecular weight is 257 g/mol. The first kappa shape index (κ1) is 13.7. The highest BCUT2D eigenvalue weighted by molar-refractivity contribution is 7.99. The van der Waals surface area contributed by atoms with E-state index in [-0.39, 0.29) is 11.1 Å². The Kier molecular flexibility index (Phi) is 4.43. The summed E-state index contributed by atoms with van der Waals surface area (Å²) in [6.07, 6.45) is 9.80. The normalized spacial score (nSPS) is 28.8. The Morgan fingerprint density at radius 3 is 2.59 bits per heavy atom. The van der Waals surface area contributed by atoms with E-state index in [1.165, 1.54) is 44.9 Å². The van der Waals surface area contributed by atoms with Crippen LogP contribution in [0.15, 0.2) is 0 Å². The second-order valence-electron chi connectivity index (χ2n) is 6.53. The number of nitrogens with two attached hydrogens (primary N) is 1. The van der Waals surface area contributed by atoms with Crippen molar-refractivity contribution in [1.82, 2.24) is 0 Å². The summed E-state index contributed by atoms with van der Waals surface area (Å²) in [5, 5.41) is 0. The van der Waals surface area contributed by atoms with Crippen LogP contribution in [0.4, 0.5) is 0 Å². The minimum atomic E-state index is -0.0498. The molecule has 1 unspecified atom stereocenters. The quantitative estimate of drug-likeness (QED) is 0.839. The van der Waals surface area contributed by atoms with Gasteiger partial charge >= 0.3 is 0 Å². The molecule has 1 spiro atoms. The van der Waals surface area contributed by atoms with Gasteiger partial charge in [0.2, 0.25) is 0 Å². The van der Waals surface area contributed by atoms with E-state index in [9.17, 15) is 0 Å². The zero-order chi connectivity index (χ0) is 12.4. The van der Waals surface area contributed by atoms with Gasteiger partial charge in [0, 0.05) is 17.0 Å². The van der Waals surface area contributed by atoms with Crippen molar-refractivity contribution >= 4 is 11.8 Å². The molecule has 2 N–H and O–H groups in total. The number of hydrogen-bond donors (Lipinski definition) is 1. The molecule has 1 saturated heterocycles. The summed E-state index contributed by atoms with van der Waals surface area (Å²) < 4.78 is 6.34. The summed E-state index contributed by atoms with van der Waals surface area (Å²) in [5.41, 5.74) is 6.22. The lowest BCUT2D eigenvalue weighted by Gasteiger charge is -2.33. The van der Waals surface area contributed by atoms with Gasteiger partial charge in [-0.15, -0.1) is 0 Å². The molecule has 0 aromatic rings. The molecule has 0 aromatic carbocycles.